The van der Waals surface area contributed by atoms with Crippen molar-refractivity contribution in [1.82, 2.24) is 9.78 Å². The first kappa shape index (κ1) is 31.3. The standard InChI is InChI=1S/C34H38N4O5/c1-5-21(3)33(35,31(40)41)27-18-16-23-12-10-11-15-26(23)29(27)30-24(20-38(37-30)25-13-8-7-9-14-25)17-19-28(39)34(36,32(42)43)22(4)6-2/h7-22H,5-6,35-36H2,1-4H3,(H,40,41)(H,42,43)/b19-17+/t21?,22?,33-,34-/m1/s1. The lowest BCUT2D eigenvalue weighted by Crippen LogP contribution is -2.58. The number of carbonyl (C=O) groups excluding carboxylic acids is 1. The zero-order chi connectivity index (χ0) is 31.5. The van der Waals surface area contributed by atoms with Crippen molar-refractivity contribution in [2.45, 2.75) is 51.6 Å². The summed E-state index contributed by atoms with van der Waals surface area (Å²) in [4.78, 5) is 38.3. The maximum absolute atomic E-state index is 13.3. The summed E-state index contributed by atoms with van der Waals surface area (Å²) >= 11 is 0. The van der Waals surface area contributed by atoms with E-state index in [1.54, 1.807) is 37.7 Å². The molecule has 0 saturated heterocycles. The topological polar surface area (TPSA) is 162 Å². The lowest BCUT2D eigenvalue weighted by molar-refractivity contribution is -0.149. The third-order valence-electron chi connectivity index (χ3n) is 8.68. The monoisotopic (exact) mass is 582 g/mol. The largest absolute Gasteiger partial charge is 0.480 e. The Morgan fingerprint density at radius 2 is 1.51 bits per heavy atom. The van der Waals surface area contributed by atoms with Gasteiger partial charge in [-0.2, -0.15) is 5.10 Å². The second-order valence-electron chi connectivity index (χ2n) is 11.1. The van der Waals surface area contributed by atoms with Gasteiger partial charge in [-0.1, -0.05) is 95.1 Å². The lowest BCUT2D eigenvalue weighted by Gasteiger charge is -2.33. The van der Waals surface area contributed by atoms with E-state index >= 15 is 0 Å². The molecule has 4 rings (SSSR count). The number of carboxylic acids is 2. The van der Waals surface area contributed by atoms with Crippen LogP contribution in [0.25, 0.3) is 33.8 Å². The minimum atomic E-state index is -2.11. The number of nitrogens with two attached hydrogens (primary N) is 2. The van der Waals surface area contributed by atoms with Gasteiger partial charge in [0.2, 0.25) is 0 Å². The van der Waals surface area contributed by atoms with Gasteiger partial charge >= 0.3 is 11.9 Å². The quantitative estimate of drug-likeness (QED) is 0.128. The zero-order valence-electron chi connectivity index (χ0n) is 24.8. The van der Waals surface area contributed by atoms with Crippen LogP contribution in [0.15, 0.2) is 79.0 Å². The summed E-state index contributed by atoms with van der Waals surface area (Å²) in [7, 11) is 0. The van der Waals surface area contributed by atoms with Crippen molar-refractivity contribution in [3.05, 3.63) is 90.1 Å². The molecule has 0 bridgehead atoms. The molecule has 9 heteroatoms. The highest BCUT2D eigenvalue weighted by atomic mass is 16.4. The van der Waals surface area contributed by atoms with E-state index in [0.29, 0.717) is 35.2 Å². The number of nitrogens with zero attached hydrogens (tertiary/aromatic N) is 2. The van der Waals surface area contributed by atoms with E-state index in [1.807, 2.05) is 67.6 Å². The second kappa shape index (κ2) is 12.3. The number of hydrogen-bond acceptors (Lipinski definition) is 6. The van der Waals surface area contributed by atoms with Gasteiger partial charge in [-0.05, 0) is 52.5 Å². The van der Waals surface area contributed by atoms with Crippen molar-refractivity contribution in [1.29, 1.82) is 0 Å². The summed E-state index contributed by atoms with van der Waals surface area (Å²) in [5.41, 5.74) is 11.6. The van der Waals surface area contributed by atoms with Crippen molar-refractivity contribution < 1.29 is 24.6 Å². The smallest absolute Gasteiger partial charge is 0.332 e. The molecule has 9 nitrogen and oxygen atoms in total. The fourth-order valence-corrected chi connectivity index (χ4v) is 5.39. The van der Waals surface area contributed by atoms with Gasteiger partial charge in [-0.3, -0.25) is 4.79 Å². The van der Waals surface area contributed by atoms with Gasteiger partial charge in [0.25, 0.3) is 0 Å². The summed E-state index contributed by atoms with van der Waals surface area (Å²) < 4.78 is 1.63. The summed E-state index contributed by atoms with van der Waals surface area (Å²) in [6, 6.07) is 20.4. The van der Waals surface area contributed by atoms with Crippen LogP contribution in [0.3, 0.4) is 0 Å². The van der Waals surface area contributed by atoms with Gasteiger partial charge in [0, 0.05) is 17.3 Å². The van der Waals surface area contributed by atoms with E-state index in [2.05, 4.69) is 0 Å². The Balaban J connectivity index is 2.05. The molecule has 224 valence electrons. The van der Waals surface area contributed by atoms with Gasteiger partial charge in [0.05, 0.1) is 5.69 Å². The van der Waals surface area contributed by atoms with Crippen LogP contribution in [0.1, 0.15) is 51.7 Å². The number of hydrogen-bond donors (Lipinski definition) is 4. The number of carboxylic acid groups (broad SMARTS) is 2. The Bertz CT molecular complexity index is 1700. The predicted molar refractivity (Wildman–Crippen MR) is 168 cm³/mol. The highest BCUT2D eigenvalue weighted by molar-refractivity contribution is 6.14. The Morgan fingerprint density at radius 1 is 0.884 bits per heavy atom. The third-order valence-corrected chi connectivity index (χ3v) is 8.68. The van der Waals surface area contributed by atoms with E-state index < -0.39 is 40.6 Å². The molecule has 0 aliphatic heterocycles. The minimum absolute atomic E-state index is 0.380. The van der Waals surface area contributed by atoms with E-state index in [4.69, 9.17) is 16.6 Å². The average Bonchev–Trinajstić information content (AvgIpc) is 3.45. The number of carbonyl (C=O) groups is 3. The predicted octanol–water partition coefficient (Wildman–Crippen LogP) is 5.39. The fraction of sp³-hybridized carbons (Fsp3) is 0.294. The average molecular weight is 583 g/mol. The molecule has 0 spiro atoms. The zero-order valence-corrected chi connectivity index (χ0v) is 24.8. The molecule has 0 radical (unpaired) electrons. The van der Waals surface area contributed by atoms with Crippen LogP contribution in [0, 0.1) is 11.8 Å². The molecule has 2 unspecified atom stereocenters. The van der Waals surface area contributed by atoms with Crippen molar-refractivity contribution in [2.75, 3.05) is 0 Å². The molecule has 0 fully saturated rings. The van der Waals surface area contributed by atoms with Gasteiger partial charge in [-0.15, -0.1) is 0 Å². The van der Waals surface area contributed by atoms with Gasteiger partial charge < -0.3 is 21.7 Å². The maximum atomic E-state index is 13.3. The Kier molecular flexibility index (Phi) is 8.98. The number of aromatic nitrogens is 2. The number of aliphatic carboxylic acids is 2. The van der Waals surface area contributed by atoms with Crippen LogP contribution in [0.4, 0.5) is 0 Å². The van der Waals surface area contributed by atoms with Crippen LogP contribution >= 0.6 is 0 Å². The Hall–Kier alpha value is -4.60. The van der Waals surface area contributed by atoms with E-state index in [1.165, 1.54) is 12.2 Å². The normalized spacial score (nSPS) is 16.0. The molecular weight excluding hydrogens is 544 g/mol. The van der Waals surface area contributed by atoms with Crippen LogP contribution in [0.5, 0.6) is 0 Å². The Labute approximate surface area is 250 Å². The third kappa shape index (κ3) is 5.49. The van der Waals surface area contributed by atoms with E-state index in [0.717, 1.165) is 16.5 Å². The van der Waals surface area contributed by atoms with Crippen LogP contribution in [-0.4, -0.2) is 43.3 Å². The van der Waals surface area contributed by atoms with E-state index in [9.17, 15) is 24.6 Å². The molecule has 6 N–H and O–H groups in total. The molecule has 0 aliphatic rings. The van der Waals surface area contributed by atoms with E-state index in [-0.39, 0.29) is 0 Å². The fourth-order valence-electron chi connectivity index (χ4n) is 5.39. The molecule has 0 saturated carbocycles. The minimum Gasteiger partial charge on any atom is -0.480 e. The van der Waals surface area contributed by atoms with Crippen LogP contribution in [-0.2, 0) is 19.9 Å². The number of benzene rings is 3. The lowest BCUT2D eigenvalue weighted by atomic mass is 9.74. The first-order valence-electron chi connectivity index (χ1n) is 14.4. The SMILES string of the molecule is CCC(C)[C@](N)(C(=O)O)C(=O)/C=C/c1cn(-c2ccccc2)nc1-c1c([C@@](N)(C(=O)O)C(C)CC)ccc2ccccc12. The first-order valence-corrected chi connectivity index (χ1v) is 14.4. The van der Waals surface area contributed by atoms with Gasteiger partial charge in [-0.25, -0.2) is 14.3 Å². The number of fused-ring (bicyclic) bond motifs is 1. The molecule has 4 aromatic rings. The summed E-state index contributed by atoms with van der Waals surface area (Å²) in [6.45, 7) is 7.09. The summed E-state index contributed by atoms with van der Waals surface area (Å²) in [6.07, 6.45) is 5.28. The molecule has 3 aromatic carbocycles. The summed E-state index contributed by atoms with van der Waals surface area (Å²) in [5.74, 6) is -4.40. The summed E-state index contributed by atoms with van der Waals surface area (Å²) in [5, 5.41) is 26.9. The molecule has 43 heavy (non-hydrogen) atoms. The molecule has 1 aromatic heterocycles. The number of rotatable bonds is 12. The first-order chi connectivity index (χ1) is 20.4. The van der Waals surface area contributed by atoms with Gasteiger partial charge in [0.1, 0.15) is 11.2 Å². The molecule has 0 aliphatic carbocycles. The van der Waals surface area contributed by atoms with Crippen LogP contribution < -0.4 is 11.5 Å². The van der Waals surface area contributed by atoms with Crippen molar-refractivity contribution >= 4 is 34.6 Å². The molecular formula is C34H38N4O5. The molecule has 0 amide bonds. The van der Waals surface area contributed by atoms with Gasteiger partial charge in [0.15, 0.2) is 11.3 Å². The molecule has 4 atom stereocenters. The number of ketones is 1. The van der Waals surface area contributed by atoms with Crippen LogP contribution in [0.2, 0.25) is 0 Å². The van der Waals surface area contributed by atoms with Crippen molar-refractivity contribution in [2.24, 2.45) is 23.3 Å². The second-order valence-corrected chi connectivity index (χ2v) is 11.1. The molecule has 1 heterocycles. The van der Waals surface area contributed by atoms with Crippen molar-refractivity contribution in [3.8, 4) is 16.9 Å². The highest BCUT2D eigenvalue weighted by Gasteiger charge is 2.45. The van der Waals surface area contributed by atoms with Crippen molar-refractivity contribution in [3.63, 3.8) is 0 Å². The highest BCUT2D eigenvalue weighted by Crippen LogP contribution is 2.42. The Morgan fingerprint density at radius 3 is 2.12 bits per heavy atom. The maximum Gasteiger partial charge on any atom is 0.332 e. The number of para-hydroxylation sites is 1.